The lowest BCUT2D eigenvalue weighted by molar-refractivity contribution is -0.119. The molecule has 5 rings (SSSR count). The summed E-state index contributed by atoms with van der Waals surface area (Å²) in [6.07, 6.45) is 5.62. The molecule has 0 aliphatic carbocycles. The predicted octanol–water partition coefficient (Wildman–Crippen LogP) is 5.44. The number of ether oxygens (including phenoxy) is 5. The average Bonchev–Trinajstić information content (AvgIpc) is 3.12. The van der Waals surface area contributed by atoms with E-state index in [-0.39, 0.29) is 42.7 Å². The third kappa shape index (κ3) is 11.1. The summed E-state index contributed by atoms with van der Waals surface area (Å²) >= 11 is 0. The maximum Gasteiger partial charge on any atom is 0.407 e. The van der Waals surface area contributed by atoms with Crippen molar-refractivity contribution in [1.82, 2.24) is 14.6 Å². The second kappa shape index (κ2) is 18.5. The van der Waals surface area contributed by atoms with Gasteiger partial charge >= 0.3 is 6.09 Å². The molecule has 50 heavy (non-hydrogen) atoms. The summed E-state index contributed by atoms with van der Waals surface area (Å²) in [7, 11) is -4.17. The number of nitrogens with one attached hydrogen (secondary N) is 1. The molecule has 2 unspecified atom stereocenters. The standard InChI is InChI=1S/C37H49N3O9S/c1-27(2)24-40(25-32(41)31(21-28-11-4-3-5-12-28)39-37(42)47-26-29-13-10-18-38-23-29)50(43,44)30-16-17-33(48-35-14-6-8-19-45-35)34(22-30)49-36-15-7-9-20-46-36/h3-5,10-13,16-18,22-23,27,31-32,35-36,41H,6-9,14-15,19-21,24-26H2,1-2H3,(H,39,42)/t31-,32+,35?,36?/m0/s1. The van der Waals surface area contributed by atoms with E-state index >= 15 is 0 Å². The Balaban J connectivity index is 1.37. The topological polar surface area (TPSA) is 146 Å². The maximum absolute atomic E-state index is 14.4. The van der Waals surface area contributed by atoms with Gasteiger partial charge in [-0.3, -0.25) is 4.98 Å². The Morgan fingerprint density at radius 1 is 0.920 bits per heavy atom. The number of aromatic nitrogens is 1. The Labute approximate surface area is 295 Å². The van der Waals surface area contributed by atoms with Crippen molar-refractivity contribution in [2.75, 3.05) is 26.3 Å². The molecule has 2 aliphatic rings. The third-order valence-corrected chi connectivity index (χ3v) is 10.3. The number of carbonyl (C=O) groups is 1. The Kier molecular flexibility index (Phi) is 13.9. The highest BCUT2D eigenvalue weighted by Gasteiger charge is 2.33. The van der Waals surface area contributed by atoms with Crippen LogP contribution >= 0.6 is 0 Å². The van der Waals surface area contributed by atoms with E-state index in [0.29, 0.717) is 37.4 Å². The van der Waals surface area contributed by atoms with Crippen LogP contribution in [-0.2, 0) is 37.3 Å². The molecule has 272 valence electrons. The van der Waals surface area contributed by atoms with E-state index < -0.39 is 40.8 Å². The van der Waals surface area contributed by atoms with Crippen LogP contribution in [0, 0.1) is 5.92 Å². The Hall–Kier alpha value is -3.75. The van der Waals surface area contributed by atoms with Crippen LogP contribution in [0.4, 0.5) is 4.79 Å². The minimum absolute atomic E-state index is 0.00936. The van der Waals surface area contributed by atoms with Gasteiger partial charge in [0.1, 0.15) is 6.61 Å². The largest absolute Gasteiger partial charge is 0.461 e. The summed E-state index contributed by atoms with van der Waals surface area (Å²) < 4.78 is 59.3. The second-order valence-corrected chi connectivity index (χ2v) is 15.0. The van der Waals surface area contributed by atoms with Crippen molar-refractivity contribution >= 4 is 16.1 Å². The highest BCUT2D eigenvalue weighted by molar-refractivity contribution is 7.89. The molecule has 2 fully saturated rings. The first-order valence-electron chi connectivity index (χ1n) is 17.4. The summed E-state index contributed by atoms with van der Waals surface area (Å²) in [5, 5.41) is 14.4. The van der Waals surface area contributed by atoms with Gasteiger partial charge in [-0.1, -0.05) is 50.2 Å². The summed E-state index contributed by atoms with van der Waals surface area (Å²) in [4.78, 5) is 17.0. The van der Waals surface area contributed by atoms with Crippen LogP contribution in [0.15, 0.2) is 78.0 Å². The minimum atomic E-state index is -4.17. The number of benzene rings is 2. The van der Waals surface area contributed by atoms with E-state index in [1.165, 1.54) is 16.4 Å². The van der Waals surface area contributed by atoms with Gasteiger partial charge in [0.05, 0.1) is 30.3 Å². The SMILES string of the molecule is CC(C)CN(C[C@@H](O)[C@H](Cc1ccccc1)NC(=O)OCc1cccnc1)S(=O)(=O)c1ccc(OC2CCCCO2)c(OC2CCCCO2)c1. The molecule has 1 aromatic heterocycles. The molecule has 4 atom stereocenters. The van der Waals surface area contributed by atoms with Gasteiger partial charge in [0, 0.05) is 50.0 Å². The van der Waals surface area contributed by atoms with E-state index in [4.69, 9.17) is 23.7 Å². The van der Waals surface area contributed by atoms with Crippen LogP contribution in [0.25, 0.3) is 0 Å². The molecule has 0 radical (unpaired) electrons. The van der Waals surface area contributed by atoms with Crippen LogP contribution in [0.3, 0.4) is 0 Å². The van der Waals surface area contributed by atoms with E-state index in [1.54, 1.807) is 30.6 Å². The number of amides is 1. The van der Waals surface area contributed by atoms with Crippen LogP contribution in [0.5, 0.6) is 11.5 Å². The number of carbonyl (C=O) groups excluding carboxylic acids is 1. The van der Waals surface area contributed by atoms with E-state index in [9.17, 15) is 18.3 Å². The molecule has 2 saturated heterocycles. The molecular formula is C37H49N3O9S. The van der Waals surface area contributed by atoms with Gasteiger partial charge in [0.15, 0.2) is 24.1 Å². The van der Waals surface area contributed by atoms with E-state index in [2.05, 4.69) is 10.3 Å². The van der Waals surface area contributed by atoms with Crippen molar-refractivity contribution in [2.45, 2.75) is 95.0 Å². The lowest BCUT2D eigenvalue weighted by atomic mass is 10.0. The molecule has 2 aliphatic heterocycles. The quantitative estimate of drug-likeness (QED) is 0.197. The number of sulfonamides is 1. The average molecular weight is 712 g/mol. The number of hydrogen-bond acceptors (Lipinski definition) is 10. The number of nitrogens with zero attached hydrogens (tertiary/aromatic N) is 2. The van der Waals surface area contributed by atoms with Gasteiger partial charge in [-0.2, -0.15) is 4.31 Å². The second-order valence-electron chi connectivity index (χ2n) is 13.1. The fourth-order valence-electron chi connectivity index (χ4n) is 5.87. The van der Waals surface area contributed by atoms with E-state index in [1.807, 2.05) is 44.2 Å². The zero-order valence-corrected chi connectivity index (χ0v) is 29.6. The van der Waals surface area contributed by atoms with Crippen molar-refractivity contribution in [3.63, 3.8) is 0 Å². The monoisotopic (exact) mass is 711 g/mol. The molecule has 1 amide bonds. The number of rotatable bonds is 16. The lowest BCUT2D eigenvalue weighted by Gasteiger charge is -2.31. The maximum atomic E-state index is 14.4. The van der Waals surface area contributed by atoms with Crippen LogP contribution in [0.1, 0.15) is 63.5 Å². The van der Waals surface area contributed by atoms with Crippen molar-refractivity contribution in [3.05, 3.63) is 84.2 Å². The first-order chi connectivity index (χ1) is 24.2. The molecular weight excluding hydrogens is 662 g/mol. The first-order valence-corrected chi connectivity index (χ1v) is 18.9. The zero-order valence-electron chi connectivity index (χ0n) is 28.8. The van der Waals surface area contributed by atoms with Crippen molar-refractivity contribution in [3.8, 4) is 11.5 Å². The molecule has 2 aromatic carbocycles. The smallest absolute Gasteiger partial charge is 0.407 e. The van der Waals surface area contributed by atoms with E-state index in [0.717, 1.165) is 31.2 Å². The number of alkyl carbamates (subject to hydrolysis) is 1. The summed E-state index contributed by atoms with van der Waals surface area (Å²) in [5.41, 5.74) is 1.56. The van der Waals surface area contributed by atoms with Crippen molar-refractivity contribution < 1.29 is 42.0 Å². The van der Waals surface area contributed by atoms with Crippen LogP contribution in [-0.4, -0.2) is 79.9 Å². The number of aliphatic hydroxyl groups excluding tert-OH is 1. The van der Waals surface area contributed by atoms with Crippen molar-refractivity contribution in [2.24, 2.45) is 5.92 Å². The molecule has 13 heteroatoms. The highest BCUT2D eigenvalue weighted by atomic mass is 32.2. The highest BCUT2D eigenvalue weighted by Crippen LogP contribution is 2.35. The molecule has 0 bridgehead atoms. The fraction of sp³-hybridized carbons (Fsp3) is 0.514. The molecule has 2 N–H and O–H groups in total. The number of aliphatic hydroxyl groups is 1. The Bertz CT molecular complexity index is 1580. The zero-order chi connectivity index (χ0) is 35.3. The Morgan fingerprint density at radius 2 is 1.60 bits per heavy atom. The molecule has 0 saturated carbocycles. The van der Waals surface area contributed by atoms with Gasteiger partial charge in [-0.05, 0) is 61.8 Å². The molecule has 3 aromatic rings. The van der Waals surface area contributed by atoms with Gasteiger partial charge in [-0.25, -0.2) is 13.2 Å². The van der Waals surface area contributed by atoms with Crippen LogP contribution in [0.2, 0.25) is 0 Å². The predicted molar refractivity (Wildman–Crippen MR) is 186 cm³/mol. The number of hydrogen-bond donors (Lipinski definition) is 2. The first kappa shape index (κ1) is 37.5. The minimum Gasteiger partial charge on any atom is -0.461 e. The third-order valence-electron chi connectivity index (χ3n) is 8.46. The lowest BCUT2D eigenvalue weighted by Crippen LogP contribution is -2.51. The van der Waals surface area contributed by atoms with Crippen molar-refractivity contribution in [1.29, 1.82) is 0 Å². The Morgan fingerprint density at radius 3 is 2.22 bits per heavy atom. The summed E-state index contributed by atoms with van der Waals surface area (Å²) in [5.74, 6) is 0.550. The molecule has 3 heterocycles. The van der Waals surface area contributed by atoms with Gasteiger partial charge in [-0.15, -0.1) is 0 Å². The summed E-state index contributed by atoms with van der Waals surface area (Å²) in [6.45, 7) is 4.79. The molecule has 12 nitrogen and oxygen atoms in total. The molecule has 0 spiro atoms. The fourth-order valence-corrected chi connectivity index (χ4v) is 7.51. The van der Waals surface area contributed by atoms with Gasteiger partial charge < -0.3 is 34.1 Å². The van der Waals surface area contributed by atoms with Gasteiger partial charge in [0.25, 0.3) is 0 Å². The van der Waals surface area contributed by atoms with Gasteiger partial charge in [0.2, 0.25) is 10.0 Å². The normalized spacial score (nSPS) is 19.5. The number of pyridine rings is 1. The van der Waals surface area contributed by atoms with Crippen LogP contribution < -0.4 is 14.8 Å². The summed E-state index contributed by atoms with van der Waals surface area (Å²) in [6, 6.07) is 16.6.